The number of nitrogens with one attached hydrogen (secondary N) is 3. The SMILES string of the molecule is Cc1c(C(=O)OC(C)(C)C)ccc2c1CC[C@@H]2NC(=O)c1cc(C(=O)NCc2cc(F)c(F)c(F)c2)nc2c(C(=O)Nc3ccccc3Cl)cnn12. The molecular weight excluding hydrogens is 701 g/mol. The van der Waals surface area contributed by atoms with Crippen LogP contribution in [0.5, 0.6) is 0 Å². The fourth-order valence-corrected chi connectivity index (χ4v) is 6.14. The summed E-state index contributed by atoms with van der Waals surface area (Å²) >= 11 is 6.22. The van der Waals surface area contributed by atoms with E-state index in [0.717, 1.165) is 33.3 Å². The van der Waals surface area contributed by atoms with Gasteiger partial charge in [0, 0.05) is 12.6 Å². The molecule has 1 atom stereocenters. The van der Waals surface area contributed by atoms with Gasteiger partial charge >= 0.3 is 5.97 Å². The molecule has 11 nitrogen and oxygen atoms in total. The molecule has 3 N–H and O–H groups in total. The molecule has 1 aliphatic rings. The Morgan fingerprint density at radius 2 is 1.67 bits per heavy atom. The van der Waals surface area contributed by atoms with Gasteiger partial charge in [-0.25, -0.2) is 27.5 Å². The summed E-state index contributed by atoms with van der Waals surface area (Å²) in [5.74, 6) is -7.16. The number of ether oxygens (including phenoxy) is 1. The zero-order chi connectivity index (χ0) is 37.5. The van der Waals surface area contributed by atoms with Crippen LogP contribution in [-0.2, 0) is 17.7 Å². The van der Waals surface area contributed by atoms with Crippen LogP contribution < -0.4 is 16.0 Å². The number of amides is 3. The van der Waals surface area contributed by atoms with E-state index in [1.54, 1.807) is 57.2 Å². The maximum absolute atomic E-state index is 14.0. The predicted octanol–water partition coefficient (Wildman–Crippen LogP) is 6.66. The Bertz CT molecular complexity index is 2260. The van der Waals surface area contributed by atoms with Crippen molar-refractivity contribution in [1.29, 1.82) is 0 Å². The zero-order valence-corrected chi connectivity index (χ0v) is 29.1. The summed E-state index contributed by atoms with van der Waals surface area (Å²) in [5.41, 5.74) is 1.71. The highest BCUT2D eigenvalue weighted by Crippen LogP contribution is 2.35. The molecule has 0 saturated heterocycles. The first-order chi connectivity index (χ1) is 24.6. The maximum atomic E-state index is 14.0. The molecule has 3 amide bonds. The molecule has 0 aliphatic heterocycles. The minimum Gasteiger partial charge on any atom is -0.456 e. The van der Waals surface area contributed by atoms with Gasteiger partial charge in [0.1, 0.15) is 22.6 Å². The second kappa shape index (κ2) is 14.1. The minimum absolute atomic E-state index is 0.0713. The molecule has 15 heteroatoms. The first-order valence-corrected chi connectivity index (χ1v) is 16.5. The number of anilines is 1. The van der Waals surface area contributed by atoms with E-state index in [2.05, 4.69) is 26.0 Å². The van der Waals surface area contributed by atoms with E-state index in [4.69, 9.17) is 16.3 Å². The smallest absolute Gasteiger partial charge is 0.338 e. The summed E-state index contributed by atoms with van der Waals surface area (Å²) in [7, 11) is 0. The Morgan fingerprint density at radius 3 is 2.37 bits per heavy atom. The lowest BCUT2D eigenvalue weighted by molar-refractivity contribution is 0.00682. The number of fused-ring (bicyclic) bond motifs is 2. The Hall–Kier alpha value is -5.76. The van der Waals surface area contributed by atoms with Gasteiger partial charge in [0.05, 0.1) is 28.5 Å². The number of hydrogen-bond donors (Lipinski definition) is 3. The Morgan fingerprint density at radius 1 is 0.962 bits per heavy atom. The summed E-state index contributed by atoms with van der Waals surface area (Å²) in [6.45, 7) is 6.76. The summed E-state index contributed by atoms with van der Waals surface area (Å²) in [6, 6.07) is 12.1. The molecule has 1 aliphatic carbocycles. The Kier molecular flexibility index (Phi) is 9.77. The molecule has 52 heavy (non-hydrogen) atoms. The van der Waals surface area contributed by atoms with Crippen LogP contribution in [-0.4, -0.2) is 43.9 Å². The Balaban J connectivity index is 1.32. The third-order valence-corrected chi connectivity index (χ3v) is 8.75. The van der Waals surface area contributed by atoms with Crippen LogP contribution in [0.3, 0.4) is 0 Å². The fraction of sp³-hybridized carbons (Fsp3) is 0.243. The van der Waals surface area contributed by atoms with Gasteiger partial charge in [-0.1, -0.05) is 29.8 Å². The van der Waals surface area contributed by atoms with Crippen molar-refractivity contribution in [1.82, 2.24) is 25.2 Å². The normalized spacial score (nSPS) is 13.8. The first-order valence-electron chi connectivity index (χ1n) is 16.1. The van der Waals surface area contributed by atoms with Gasteiger partial charge < -0.3 is 20.7 Å². The number of carbonyl (C=O) groups is 4. The number of halogens is 4. The van der Waals surface area contributed by atoms with E-state index >= 15 is 0 Å². The molecule has 0 saturated carbocycles. The summed E-state index contributed by atoms with van der Waals surface area (Å²) < 4.78 is 47.8. The zero-order valence-electron chi connectivity index (χ0n) is 28.4. The lowest BCUT2D eigenvalue weighted by Gasteiger charge is -2.21. The number of esters is 1. The number of aromatic nitrogens is 3. The fourth-order valence-electron chi connectivity index (χ4n) is 5.95. The molecule has 268 valence electrons. The van der Waals surface area contributed by atoms with Crippen molar-refractivity contribution in [2.24, 2.45) is 0 Å². The van der Waals surface area contributed by atoms with Gasteiger partial charge in [-0.15, -0.1) is 0 Å². The lowest BCUT2D eigenvalue weighted by atomic mass is 9.97. The third-order valence-electron chi connectivity index (χ3n) is 8.42. The number of carbonyl (C=O) groups excluding carboxylic acids is 4. The van der Waals surface area contributed by atoms with Crippen molar-refractivity contribution in [3.63, 3.8) is 0 Å². The second-order valence-electron chi connectivity index (χ2n) is 13.2. The summed E-state index contributed by atoms with van der Waals surface area (Å²) in [5, 5.41) is 12.6. The molecule has 2 heterocycles. The first kappa shape index (κ1) is 36.0. The lowest BCUT2D eigenvalue weighted by Crippen LogP contribution is -2.31. The van der Waals surface area contributed by atoms with E-state index in [1.807, 2.05) is 6.92 Å². The highest BCUT2D eigenvalue weighted by atomic mass is 35.5. The van der Waals surface area contributed by atoms with Crippen LogP contribution in [0.15, 0.2) is 60.8 Å². The van der Waals surface area contributed by atoms with Crippen LogP contribution in [0.2, 0.25) is 5.02 Å². The van der Waals surface area contributed by atoms with Crippen molar-refractivity contribution in [2.45, 2.75) is 58.7 Å². The van der Waals surface area contributed by atoms with E-state index in [-0.39, 0.29) is 33.2 Å². The van der Waals surface area contributed by atoms with Crippen molar-refractivity contribution >= 4 is 46.6 Å². The number of nitrogens with zero attached hydrogens (tertiary/aromatic N) is 3. The molecule has 3 aromatic carbocycles. The molecule has 0 bridgehead atoms. The van der Waals surface area contributed by atoms with Gasteiger partial charge in [0.15, 0.2) is 23.1 Å². The second-order valence-corrected chi connectivity index (χ2v) is 13.6. The molecule has 0 unspecified atom stereocenters. The standard InChI is InChI=1S/C37H32ClF3N6O5/c1-18-20-11-12-27(22(20)10-9-21(18)36(51)52-37(2,3)4)45-35(50)30-15-29(34(49)42-16-19-13-25(39)31(41)26(40)14-19)44-32-23(17-43-47(30)32)33(48)46-28-8-6-5-7-24(28)38/h5-10,13-15,17,27H,11-12,16H2,1-4H3,(H,42,49)(H,45,50)(H,46,48)/t27-/m0/s1. The highest BCUT2D eigenvalue weighted by Gasteiger charge is 2.31. The average molecular weight is 733 g/mol. The van der Waals surface area contributed by atoms with Gasteiger partial charge in [-0.3, -0.25) is 14.4 Å². The highest BCUT2D eigenvalue weighted by molar-refractivity contribution is 6.34. The van der Waals surface area contributed by atoms with Gasteiger partial charge in [-0.05, 0) is 93.1 Å². The third kappa shape index (κ3) is 7.33. The van der Waals surface area contributed by atoms with Crippen molar-refractivity contribution < 1.29 is 37.1 Å². The molecule has 0 spiro atoms. The number of para-hydroxylation sites is 1. The van der Waals surface area contributed by atoms with Crippen molar-refractivity contribution in [3.8, 4) is 0 Å². The summed E-state index contributed by atoms with van der Waals surface area (Å²) in [6.07, 6.45) is 2.26. The van der Waals surface area contributed by atoms with E-state index < -0.39 is 59.3 Å². The predicted molar refractivity (Wildman–Crippen MR) is 185 cm³/mol. The average Bonchev–Trinajstić information content (AvgIpc) is 3.70. The van der Waals surface area contributed by atoms with Crippen molar-refractivity contribution in [3.05, 3.63) is 128 Å². The van der Waals surface area contributed by atoms with Gasteiger partial charge in [0.25, 0.3) is 17.7 Å². The van der Waals surface area contributed by atoms with Crippen molar-refractivity contribution in [2.75, 3.05) is 5.32 Å². The number of hydrogen-bond acceptors (Lipinski definition) is 7. The van der Waals surface area contributed by atoms with E-state index in [0.29, 0.717) is 24.1 Å². The molecular formula is C37H32ClF3N6O5. The molecule has 2 aromatic heterocycles. The molecule has 0 radical (unpaired) electrons. The largest absolute Gasteiger partial charge is 0.456 e. The van der Waals surface area contributed by atoms with Crippen LogP contribution in [0.1, 0.15) is 97.2 Å². The monoisotopic (exact) mass is 732 g/mol. The number of rotatable bonds is 8. The van der Waals surface area contributed by atoms with E-state index in [9.17, 15) is 32.3 Å². The van der Waals surface area contributed by atoms with Crippen LogP contribution >= 0.6 is 11.6 Å². The molecule has 0 fully saturated rings. The van der Waals surface area contributed by atoms with Crippen LogP contribution in [0.4, 0.5) is 18.9 Å². The molecule has 6 rings (SSSR count). The number of benzene rings is 3. The quantitative estimate of drug-likeness (QED) is 0.120. The van der Waals surface area contributed by atoms with Crippen LogP contribution in [0.25, 0.3) is 5.65 Å². The topological polar surface area (TPSA) is 144 Å². The Labute approximate surface area is 300 Å². The molecule has 5 aromatic rings. The maximum Gasteiger partial charge on any atom is 0.338 e. The van der Waals surface area contributed by atoms with Gasteiger partial charge in [-0.2, -0.15) is 5.10 Å². The summed E-state index contributed by atoms with van der Waals surface area (Å²) in [4.78, 5) is 57.9. The van der Waals surface area contributed by atoms with E-state index in [1.165, 1.54) is 12.3 Å². The van der Waals surface area contributed by atoms with Crippen LogP contribution in [0, 0.1) is 24.4 Å². The minimum atomic E-state index is -1.65. The van der Waals surface area contributed by atoms with Gasteiger partial charge in [0.2, 0.25) is 0 Å².